The fourth-order valence-corrected chi connectivity index (χ4v) is 2.40. The van der Waals surface area contributed by atoms with Gasteiger partial charge in [0.2, 0.25) is 0 Å². The molecular formula is C10H16N4O3. The topological polar surface area (TPSA) is 118 Å². The molecule has 4 N–H and O–H groups in total. The molecule has 0 unspecified atom stereocenters. The van der Waals surface area contributed by atoms with Crippen LogP contribution >= 0.6 is 0 Å². The lowest BCUT2D eigenvalue weighted by atomic mass is 9.71. The van der Waals surface area contributed by atoms with Crippen LogP contribution in [-0.2, 0) is 5.41 Å². The predicted octanol–water partition coefficient (Wildman–Crippen LogP) is 0.449. The molecule has 1 aliphatic rings. The van der Waals surface area contributed by atoms with E-state index in [0.717, 1.165) is 0 Å². The zero-order chi connectivity index (χ0) is 12.5. The molecule has 7 nitrogen and oxygen atoms in total. The first-order valence-electron chi connectivity index (χ1n) is 5.66. The van der Waals surface area contributed by atoms with Crippen LogP contribution in [0.1, 0.15) is 31.4 Å². The van der Waals surface area contributed by atoms with Gasteiger partial charge < -0.3 is 21.0 Å². The summed E-state index contributed by atoms with van der Waals surface area (Å²) in [4.78, 5) is 10.1. The molecule has 1 saturated carbocycles. The maximum Gasteiger partial charge on any atom is 0.342 e. The Morgan fingerprint density at radius 2 is 2.29 bits per heavy atom. The highest BCUT2D eigenvalue weighted by Crippen LogP contribution is 2.38. The number of nitrogens with one attached hydrogen (secondary N) is 1. The minimum Gasteiger partial charge on any atom is -0.393 e. The Balaban J connectivity index is 2.25. The first-order valence-corrected chi connectivity index (χ1v) is 5.66. The van der Waals surface area contributed by atoms with E-state index >= 15 is 0 Å². The normalized spacial score (nSPS) is 29.2. The third kappa shape index (κ3) is 2.16. The van der Waals surface area contributed by atoms with Crippen molar-refractivity contribution in [1.29, 1.82) is 0 Å². The highest BCUT2D eigenvalue weighted by molar-refractivity contribution is 5.28. The monoisotopic (exact) mass is 240 g/mol. The summed E-state index contributed by atoms with van der Waals surface area (Å²) >= 11 is 0. The minimum atomic E-state index is -0.502. The van der Waals surface area contributed by atoms with Gasteiger partial charge in [0.1, 0.15) is 0 Å². The molecule has 0 radical (unpaired) electrons. The third-order valence-corrected chi connectivity index (χ3v) is 3.61. The first kappa shape index (κ1) is 12.0. The van der Waals surface area contributed by atoms with Gasteiger partial charge in [-0.3, -0.25) is 0 Å². The van der Waals surface area contributed by atoms with Crippen LogP contribution in [0.3, 0.4) is 0 Å². The number of aromatic nitrogens is 2. The van der Waals surface area contributed by atoms with Crippen LogP contribution in [0.5, 0.6) is 0 Å². The van der Waals surface area contributed by atoms with Crippen LogP contribution in [0.15, 0.2) is 6.07 Å². The van der Waals surface area contributed by atoms with Gasteiger partial charge >= 0.3 is 5.82 Å². The van der Waals surface area contributed by atoms with Gasteiger partial charge in [-0.2, -0.15) is 0 Å². The largest absolute Gasteiger partial charge is 0.393 e. The van der Waals surface area contributed by atoms with Crippen molar-refractivity contribution in [3.05, 3.63) is 21.9 Å². The smallest absolute Gasteiger partial charge is 0.342 e. The highest BCUT2D eigenvalue weighted by Gasteiger charge is 2.38. The summed E-state index contributed by atoms with van der Waals surface area (Å²) in [5, 5.41) is 26.5. The van der Waals surface area contributed by atoms with E-state index in [1.165, 1.54) is 6.07 Å². The summed E-state index contributed by atoms with van der Waals surface area (Å²) < 4.78 is 0. The minimum absolute atomic E-state index is 0.112. The molecule has 0 spiro atoms. The molecule has 1 heterocycles. The second kappa shape index (κ2) is 4.42. The summed E-state index contributed by atoms with van der Waals surface area (Å²) in [6, 6.07) is 1.45. The summed E-state index contributed by atoms with van der Waals surface area (Å²) in [6.45, 7) is 0.391. The highest BCUT2D eigenvalue weighted by atomic mass is 16.6. The number of aliphatic hydroxyl groups is 1. The summed E-state index contributed by atoms with van der Waals surface area (Å²) in [5.74, 6) is -0.112. The Labute approximate surface area is 98.2 Å². The van der Waals surface area contributed by atoms with Gasteiger partial charge in [0, 0.05) is 12.0 Å². The van der Waals surface area contributed by atoms with Gasteiger partial charge in [0.25, 0.3) is 0 Å². The van der Waals surface area contributed by atoms with Crippen LogP contribution in [-0.4, -0.2) is 32.9 Å². The van der Waals surface area contributed by atoms with Crippen molar-refractivity contribution < 1.29 is 10.0 Å². The number of aliphatic hydroxyl groups excluding tert-OH is 1. The lowest BCUT2D eigenvalue weighted by Gasteiger charge is -2.36. The Hall–Kier alpha value is -1.47. The van der Waals surface area contributed by atoms with E-state index in [2.05, 4.69) is 10.2 Å². The van der Waals surface area contributed by atoms with Gasteiger partial charge in [-0.05, 0) is 30.6 Å². The lowest BCUT2D eigenvalue weighted by molar-refractivity contribution is -0.389. The van der Waals surface area contributed by atoms with Crippen molar-refractivity contribution in [3.63, 3.8) is 0 Å². The molecular weight excluding hydrogens is 224 g/mol. The van der Waals surface area contributed by atoms with E-state index in [1.54, 1.807) is 0 Å². The zero-order valence-electron chi connectivity index (χ0n) is 9.43. The average molecular weight is 240 g/mol. The fourth-order valence-electron chi connectivity index (χ4n) is 2.40. The number of rotatable bonds is 3. The van der Waals surface area contributed by atoms with Crippen LogP contribution in [0, 0.1) is 10.1 Å². The Kier molecular flexibility index (Phi) is 3.12. The first-order chi connectivity index (χ1) is 8.07. The second-order valence-electron chi connectivity index (χ2n) is 4.61. The van der Waals surface area contributed by atoms with E-state index in [0.29, 0.717) is 37.9 Å². The fraction of sp³-hybridized carbons (Fsp3) is 0.700. The maximum absolute atomic E-state index is 10.6. The van der Waals surface area contributed by atoms with Crippen LogP contribution in [0.25, 0.3) is 0 Å². The predicted molar refractivity (Wildman–Crippen MR) is 60.4 cm³/mol. The van der Waals surface area contributed by atoms with E-state index in [9.17, 15) is 15.2 Å². The molecule has 0 atom stereocenters. The van der Waals surface area contributed by atoms with Crippen molar-refractivity contribution >= 4 is 5.82 Å². The average Bonchev–Trinajstić information content (AvgIpc) is 2.81. The third-order valence-electron chi connectivity index (χ3n) is 3.61. The number of hydrogen-bond acceptors (Lipinski definition) is 5. The van der Waals surface area contributed by atoms with Gasteiger partial charge in [-0.1, -0.05) is 5.10 Å². The molecule has 0 aromatic carbocycles. The van der Waals surface area contributed by atoms with Crippen LogP contribution in [0.2, 0.25) is 0 Å². The van der Waals surface area contributed by atoms with E-state index in [-0.39, 0.29) is 17.3 Å². The van der Waals surface area contributed by atoms with Crippen LogP contribution in [0.4, 0.5) is 5.82 Å². The summed E-state index contributed by atoms with van der Waals surface area (Å²) in [5.41, 5.74) is 6.10. The number of aromatic amines is 1. The van der Waals surface area contributed by atoms with Gasteiger partial charge in [-0.15, -0.1) is 5.10 Å². The van der Waals surface area contributed by atoms with Gasteiger partial charge in [0.15, 0.2) is 0 Å². The number of nitrogens with two attached hydrogens (primary N) is 1. The maximum atomic E-state index is 10.6. The van der Waals surface area contributed by atoms with E-state index in [1.807, 2.05) is 0 Å². The zero-order valence-corrected chi connectivity index (χ0v) is 9.43. The van der Waals surface area contributed by atoms with E-state index in [4.69, 9.17) is 5.73 Å². The number of hydrogen-bond donors (Lipinski definition) is 3. The Morgan fingerprint density at radius 1 is 1.65 bits per heavy atom. The molecule has 17 heavy (non-hydrogen) atoms. The molecule has 2 rings (SSSR count). The molecule has 94 valence electrons. The molecule has 0 saturated heterocycles. The molecule has 1 aliphatic carbocycles. The van der Waals surface area contributed by atoms with Crippen molar-refractivity contribution in [3.8, 4) is 0 Å². The summed E-state index contributed by atoms with van der Waals surface area (Å²) in [6.07, 6.45) is 2.47. The second-order valence-corrected chi connectivity index (χ2v) is 4.61. The van der Waals surface area contributed by atoms with Crippen molar-refractivity contribution in [1.82, 2.24) is 10.2 Å². The number of nitrogens with zero attached hydrogens (tertiary/aromatic N) is 2. The van der Waals surface area contributed by atoms with E-state index < -0.39 is 4.92 Å². The Morgan fingerprint density at radius 3 is 2.76 bits per heavy atom. The Bertz CT molecular complexity index is 409. The van der Waals surface area contributed by atoms with Crippen molar-refractivity contribution in [2.45, 2.75) is 37.2 Å². The quantitative estimate of drug-likeness (QED) is 0.523. The molecule has 1 fully saturated rings. The molecule has 0 bridgehead atoms. The number of nitro groups is 1. The number of H-pyrrole nitrogens is 1. The van der Waals surface area contributed by atoms with Crippen LogP contribution < -0.4 is 5.73 Å². The van der Waals surface area contributed by atoms with Crippen molar-refractivity contribution in [2.24, 2.45) is 5.73 Å². The lowest BCUT2D eigenvalue weighted by Crippen LogP contribution is -2.40. The van der Waals surface area contributed by atoms with Gasteiger partial charge in [0.05, 0.1) is 17.9 Å². The molecule has 0 amide bonds. The molecule has 0 aliphatic heterocycles. The standard InChI is InChI=1S/C10H16N4O3/c11-6-10(3-1-7(15)2-4-10)8-5-9(13-12-8)14(16)17/h5,7,15H,1-4,6,11H2,(H,12,13). The van der Waals surface area contributed by atoms with Gasteiger partial charge in [-0.25, -0.2) is 0 Å². The molecule has 7 heteroatoms. The molecule has 1 aromatic heterocycles. The SMILES string of the molecule is NCC1(c2cc([N+](=O)[O-])[nH]n2)CCC(O)CC1. The summed E-state index contributed by atoms with van der Waals surface area (Å²) in [7, 11) is 0. The van der Waals surface area contributed by atoms with Crippen molar-refractivity contribution in [2.75, 3.05) is 6.54 Å². The molecule has 1 aromatic rings.